The van der Waals surface area contributed by atoms with Gasteiger partial charge in [-0.2, -0.15) is 11.8 Å². The molecule has 76 valence electrons. The van der Waals surface area contributed by atoms with Gasteiger partial charge in [0.2, 0.25) is 0 Å². The molecule has 0 aromatic carbocycles. The Morgan fingerprint density at radius 2 is 2.57 bits per heavy atom. The zero-order chi connectivity index (χ0) is 9.97. The van der Waals surface area contributed by atoms with Crippen molar-refractivity contribution in [1.29, 1.82) is 0 Å². The standard InChI is InChI=1S/C9H12N2O2S/c12-9(13)6-3-8-7(11-4-6)5-10-1-2-14-8/h3-4,7-8,10H,1-2,5H2,(H,12,13). The number of aliphatic imine (C=N–C) groups is 1. The Bertz CT molecular complexity index is 301. The molecule has 0 radical (unpaired) electrons. The SMILES string of the molecule is O=C(O)C1=CC2SCCNCC2N=C1. The first-order valence-electron chi connectivity index (χ1n) is 4.58. The van der Waals surface area contributed by atoms with Crippen molar-refractivity contribution in [3.05, 3.63) is 11.6 Å². The Morgan fingerprint density at radius 1 is 1.71 bits per heavy atom. The number of carboxylic acids is 1. The van der Waals surface area contributed by atoms with E-state index in [0.717, 1.165) is 18.8 Å². The lowest BCUT2D eigenvalue weighted by Gasteiger charge is -2.21. The molecule has 2 unspecified atom stereocenters. The normalized spacial score (nSPS) is 31.6. The number of carboxylic acid groups (broad SMARTS) is 1. The van der Waals surface area contributed by atoms with Crippen LogP contribution in [0.1, 0.15) is 0 Å². The van der Waals surface area contributed by atoms with E-state index in [-0.39, 0.29) is 11.3 Å². The van der Waals surface area contributed by atoms with Crippen LogP contribution in [0.3, 0.4) is 0 Å². The molecule has 0 bridgehead atoms. The number of nitrogens with zero attached hydrogens (tertiary/aromatic N) is 1. The summed E-state index contributed by atoms with van der Waals surface area (Å²) >= 11 is 1.77. The predicted octanol–water partition coefficient (Wildman–Crippen LogP) is 0.155. The molecule has 0 saturated carbocycles. The van der Waals surface area contributed by atoms with Gasteiger partial charge in [0.15, 0.2) is 0 Å². The van der Waals surface area contributed by atoms with E-state index in [1.54, 1.807) is 11.8 Å². The summed E-state index contributed by atoms with van der Waals surface area (Å²) in [5.41, 5.74) is 0.320. The summed E-state index contributed by atoms with van der Waals surface area (Å²) in [5, 5.41) is 12.3. The van der Waals surface area contributed by atoms with Gasteiger partial charge in [0.1, 0.15) is 0 Å². The summed E-state index contributed by atoms with van der Waals surface area (Å²) in [4.78, 5) is 15.0. The first-order chi connectivity index (χ1) is 6.77. The summed E-state index contributed by atoms with van der Waals surface area (Å²) in [5.74, 6) is 0.130. The van der Waals surface area contributed by atoms with Crippen molar-refractivity contribution in [1.82, 2.24) is 5.32 Å². The van der Waals surface area contributed by atoms with E-state index in [2.05, 4.69) is 10.3 Å². The van der Waals surface area contributed by atoms with E-state index in [1.165, 1.54) is 6.21 Å². The molecule has 2 aliphatic rings. The van der Waals surface area contributed by atoms with Crippen molar-refractivity contribution >= 4 is 23.9 Å². The van der Waals surface area contributed by atoms with Gasteiger partial charge in [-0.05, 0) is 0 Å². The van der Waals surface area contributed by atoms with Crippen LogP contribution in [0.4, 0.5) is 0 Å². The Labute approximate surface area is 86.5 Å². The molecule has 0 aromatic heterocycles. The molecule has 2 N–H and O–H groups in total. The lowest BCUT2D eigenvalue weighted by molar-refractivity contribution is -0.132. The maximum atomic E-state index is 10.7. The number of aliphatic carboxylic acids is 1. The van der Waals surface area contributed by atoms with E-state index in [4.69, 9.17) is 5.11 Å². The average Bonchev–Trinajstić information content (AvgIpc) is 2.41. The van der Waals surface area contributed by atoms with Crippen LogP contribution >= 0.6 is 11.8 Å². The molecule has 14 heavy (non-hydrogen) atoms. The number of hydrogen-bond acceptors (Lipinski definition) is 4. The van der Waals surface area contributed by atoms with Gasteiger partial charge in [-0.25, -0.2) is 4.79 Å². The lowest BCUT2D eigenvalue weighted by atomic mass is 10.1. The Kier molecular flexibility index (Phi) is 2.88. The molecule has 0 aromatic rings. The minimum Gasteiger partial charge on any atom is -0.478 e. The third kappa shape index (κ3) is 1.99. The number of nitrogens with one attached hydrogen (secondary N) is 1. The molecular formula is C9H12N2O2S. The van der Waals surface area contributed by atoms with E-state index >= 15 is 0 Å². The van der Waals surface area contributed by atoms with Gasteiger partial charge in [0, 0.05) is 30.3 Å². The number of fused-ring (bicyclic) bond motifs is 1. The van der Waals surface area contributed by atoms with Crippen LogP contribution in [-0.4, -0.2) is 47.4 Å². The van der Waals surface area contributed by atoms with Crippen LogP contribution in [0.5, 0.6) is 0 Å². The van der Waals surface area contributed by atoms with Crippen LogP contribution in [0.25, 0.3) is 0 Å². The van der Waals surface area contributed by atoms with Crippen molar-refractivity contribution in [2.45, 2.75) is 11.3 Å². The molecule has 1 fully saturated rings. The quantitative estimate of drug-likeness (QED) is 0.650. The molecular weight excluding hydrogens is 200 g/mol. The molecule has 5 heteroatoms. The molecule has 2 aliphatic heterocycles. The zero-order valence-electron chi connectivity index (χ0n) is 7.64. The number of hydrogen-bond donors (Lipinski definition) is 2. The third-order valence-corrected chi connectivity index (χ3v) is 3.59. The molecule has 0 aliphatic carbocycles. The van der Waals surface area contributed by atoms with Crippen molar-refractivity contribution in [2.24, 2.45) is 4.99 Å². The van der Waals surface area contributed by atoms with Crippen molar-refractivity contribution in [2.75, 3.05) is 18.8 Å². The zero-order valence-corrected chi connectivity index (χ0v) is 8.46. The summed E-state index contributed by atoms with van der Waals surface area (Å²) in [7, 11) is 0. The summed E-state index contributed by atoms with van der Waals surface area (Å²) in [6.07, 6.45) is 3.29. The summed E-state index contributed by atoms with van der Waals surface area (Å²) < 4.78 is 0. The highest BCUT2D eigenvalue weighted by Crippen LogP contribution is 2.24. The van der Waals surface area contributed by atoms with E-state index in [1.807, 2.05) is 6.08 Å². The topological polar surface area (TPSA) is 61.7 Å². The first kappa shape index (κ1) is 9.73. The molecule has 0 amide bonds. The van der Waals surface area contributed by atoms with Gasteiger partial charge >= 0.3 is 5.97 Å². The van der Waals surface area contributed by atoms with Crippen LogP contribution < -0.4 is 5.32 Å². The highest BCUT2D eigenvalue weighted by atomic mass is 32.2. The van der Waals surface area contributed by atoms with Crippen molar-refractivity contribution < 1.29 is 9.90 Å². The highest BCUT2D eigenvalue weighted by molar-refractivity contribution is 8.00. The number of rotatable bonds is 1. The number of thioether (sulfide) groups is 1. The van der Waals surface area contributed by atoms with E-state index < -0.39 is 5.97 Å². The van der Waals surface area contributed by atoms with E-state index in [9.17, 15) is 4.79 Å². The van der Waals surface area contributed by atoms with Crippen LogP contribution in [0, 0.1) is 0 Å². The fourth-order valence-corrected chi connectivity index (χ4v) is 2.73. The second kappa shape index (κ2) is 4.14. The largest absolute Gasteiger partial charge is 0.478 e. The Morgan fingerprint density at radius 3 is 3.36 bits per heavy atom. The average molecular weight is 212 g/mol. The minimum atomic E-state index is -0.884. The smallest absolute Gasteiger partial charge is 0.336 e. The van der Waals surface area contributed by atoms with Crippen molar-refractivity contribution in [3.8, 4) is 0 Å². The molecule has 0 spiro atoms. The minimum absolute atomic E-state index is 0.200. The summed E-state index contributed by atoms with van der Waals surface area (Å²) in [6.45, 7) is 1.82. The lowest BCUT2D eigenvalue weighted by Crippen LogP contribution is -2.32. The monoisotopic (exact) mass is 212 g/mol. The Hall–Kier alpha value is -0.810. The second-order valence-corrected chi connectivity index (χ2v) is 4.60. The fraction of sp³-hybridized carbons (Fsp3) is 0.556. The molecule has 2 rings (SSSR count). The Balaban J connectivity index is 2.15. The summed E-state index contributed by atoms with van der Waals surface area (Å²) in [6, 6.07) is 0.200. The van der Waals surface area contributed by atoms with Gasteiger partial charge < -0.3 is 10.4 Å². The molecule has 2 atom stereocenters. The first-order valence-corrected chi connectivity index (χ1v) is 5.63. The fourth-order valence-electron chi connectivity index (χ4n) is 1.56. The van der Waals surface area contributed by atoms with Gasteiger partial charge in [0.05, 0.1) is 11.6 Å². The van der Waals surface area contributed by atoms with E-state index in [0.29, 0.717) is 5.57 Å². The van der Waals surface area contributed by atoms with Crippen molar-refractivity contribution in [3.63, 3.8) is 0 Å². The van der Waals surface area contributed by atoms with Gasteiger partial charge in [0.25, 0.3) is 0 Å². The molecule has 1 saturated heterocycles. The molecule has 2 heterocycles. The maximum absolute atomic E-state index is 10.7. The predicted molar refractivity (Wildman–Crippen MR) is 57.1 cm³/mol. The van der Waals surface area contributed by atoms with Gasteiger partial charge in [-0.15, -0.1) is 0 Å². The number of carbonyl (C=O) groups is 1. The van der Waals surface area contributed by atoms with Crippen LogP contribution in [0.15, 0.2) is 16.6 Å². The van der Waals surface area contributed by atoms with Gasteiger partial charge in [-0.3, -0.25) is 4.99 Å². The second-order valence-electron chi connectivity index (χ2n) is 3.31. The highest BCUT2D eigenvalue weighted by Gasteiger charge is 2.25. The van der Waals surface area contributed by atoms with Crippen LogP contribution in [0.2, 0.25) is 0 Å². The molecule has 4 nitrogen and oxygen atoms in total. The third-order valence-electron chi connectivity index (χ3n) is 2.32. The number of dihydropyridines is 1. The van der Waals surface area contributed by atoms with Crippen LogP contribution in [-0.2, 0) is 4.79 Å². The maximum Gasteiger partial charge on any atom is 0.336 e. The van der Waals surface area contributed by atoms with Gasteiger partial charge in [-0.1, -0.05) is 6.08 Å².